The number of ether oxygens (including phenoxy) is 1. The SMILES string of the molecule is [B]c1c(O)c(CCC)c([B])c2c1OCC1=Cc3cccc(CCC)c3C(=C)N12. The van der Waals surface area contributed by atoms with Gasteiger partial charge in [-0.05, 0) is 41.1 Å². The quantitative estimate of drug-likeness (QED) is 0.844. The van der Waals surface area contributed by atoms with Crippen LogP contribution in [0.5, 0.6) is 11.5 Å². The highest BCUT2D eigenvalue weighted by atomic mass is 16.5. The molecule has 28 heavy (non-hydrogen) atoms. The highest BCUT2D eigenvalue weighted by Gasteiger charge is 2.34. The van der Waals surface area contributed by atoms with Crippen LogP contribution >= 0.6 is 0 Å². The zero-order chi connectivity index (χ0) is 20.0. The van der Waals surface area contributed by atoms with E-state index in [1.807, 2.05) is 6.92 Å². The van der Waals surface area contributed by atoms with Gasteiger partial charge in [-0.3, -0.25) is 0 Å². The Morgan fingerprint density at radius 1 is 1.14 bits per heavy atom. The summed E-state index contributed by atoms with van der Waals surface area (Å²) < 4.78 is 5.94. The van der Waals surface area contributed by atoms with E-state index >= 15 is 0 Å². The van der Waals surface area contributed by atoms with Gasteiger partial charge in [0.05, 0.1) is 11.4 Å². The molecule has 0 spiro atoms. The third-order valence-electron chi connectivity index (χ3n) is 5.54. The lowest BCUT2D eigenvalue weighted by Gasteiger charge is -2.41. The van der Waals surface area contributed by atoms with Crippen molar-refractivity contribution in [2.45, 2.75) is 39.5 Å². The van der Waals surface area contributed by atoms with Gasteiger partial charge in [0.25, 0.3) is 0 Å². The van der Waals surface area contributed by atoms with Gasteiger partial charge in [-0.1, -0.05) is 56.9 Å². The highest BCUT2D eigenvalue weighted by molar-refractivity contribution is 6.43. The Hall–Kier alpha value is -2.55. The van der Waals surface area contributed by atoms with Crippen LogP contribution in [0.3, 0.4) is 0 Å². The minimum absolute atomic E-state index is 0.0280. The van der Waals surface area contributed by atoms with Crippen molar-refractivity contribution in [3.05, 3.63) is 52.7 Å². The third-order valence-corrected chi connectivity index (χ3v) is 5.54. The fourth-order valence-electron chi connectivity index (χ4n) is 4.29. The van der Waals surface area contributed by atoms with Gasteiger partial charge in [-0.15, -0.1) is 0 Å². The van der Waals surface area contributed by atoms with E-state index in [0.717, 1.165) is 41.8 Å². The van der Waals surface area contributed by atoms with Gasteiger partial charge in [0, 0.05) is 11.3 Å². The van der Waals surface area contributed by atoms with Crippen molar-refractivity contribution in [1.82, 2.24) is 0 Å². The molecule has 0 saturated carbocycles. The first kappa shape index (κ1) is 18.8. The van der Waals surface area contributed by atoms with Gasteiger partial charge in [-0.2, -0.15) is 0 Å². The standard InChI is InChI=1S/C23H23B2NO2/c1-4-7-14-9-6-10-15-11-16-12-28-23-20(25)22(27)17(8-5-2)19(24)21(23)26(16)13(3)18(14)15/h6,9-11,27H,3-5,7-8,12H2,1-2H3. The van der Waals surface area contributed by atoms with E-state index in [-0.39, 0.29) is 11.2 Å². The summed E-state index contributed by atoms with van der Waals surface area (Å²) in [6.07, 6.45) is 5.67. The van der Waals surface area contributed by atoms with Gasteiger partial charge in [-0.25, -0.2) is 0 Å². The van der Waals surface area contributed by atoms with Gasteiger partial charge in [0.15, 0.2) is 0 Å². The Morgan fingerprint density at radius 3 is 2.61 bits per heavy atom. The van der Waals surface area contributed by atoms with Crippen molar-refractivity contribution in [2.75, 3.05) is 11.5 Å². The molecule has 0 atom stereocenters. The Labute approximate surface area is 169 Å². The van der Waals surface area contributed by atoms with E-state index in [2.05, 4.69) is 42.7 Å². The molecule has 0 saturated heterocycles. The molecular weight excluding hydrogens is 344 g/mol. The second-order valence-electron chi connectivity index (χ2n) is 7.42. The lowest BCUT2D eigenvalue weighted by molar-refractivity contribution is 0.342. The monoisotopic (exact) mass is 367 g/mol. The molecule has 0 unspecified atom stereocenters. The largest absolute Gasteiger partial charge is 0.508 e. The van der Waals surface area contributed by atoms with Crippen LogP contribution in [-0.4, -0.2) is 27.4 Å². The van der Waals surface area contributed by atoms with Crippen LogP contribution < -0.4 is 20.6 Å². The molecule has 0 aromatic heterocycles. The lowest BCUT2D eigenvalue weighted by Crippen LogP contribution is -2.39. The van der Waals surface area contributed by atoms with Crippen molar-refractivity contribution >= 4 is 44.1 Å². The molecular formula is C23H23B2NO2. The fourth-order valence-corrected chi connectivity index (χ4v) is 4.29. The second-order valence-corrected chi connectivity index (χ2v) is 7.42. The number of phenolic OH excluding ortho intramolecular Hbond substituents is 1. The maximum Gasteiger partial charge on any atom is 0.139 e. The summed E-state index contributed by atoms with van der Waals surface area (Å²) in [6, 6.07) is 6.35. The van der Waals surface area contributed by atoms with Crippen LogP contribution in [0.2, 0.25) is 0 Å². The molecule has 2 aromatic carbocycles. The van der Waals surface area contributed by atoms with Crippen molar-refractivity contribution in [3.8, 4) is 11.5 Å². The number of benzene rings is 2. The van der Waals surface area contributed by atoms with Crippen molar-refractivity contribution in [1.29, 1.82) is 0 Å². The summed E-state index contributed by atoms with van der Waals surface area (Å²) in [5.41, 5.74) is 7.52. The summed E-state index contributed by atoms with van der Waals surface area (Å²) in [5.74, 6) is 0.463. The van der Waals surface area contributed by atoms with Crippen LogP contribution in [0, 0.1) is 0 Å². The summed E-state index contributed by atoms with van der Waals surface area (Å²) >= 11 is 0. The van der Waals surface area contributed by atoms with Gasteiger partial charge >= 0.3 is 0 Å². The first-order valence-corrected chi connectivity index (χ1v) is 9.86. The summed E-state index contributed by atoms with van der Waals surface area (Å²) in [6.45, 7) is 8.99. The molecule has 1 N–H and O–H groups in total. The van der Waals surface area contributed by atoms with Crippen LogP contribution in [0.4, 0.5) is 5.69 Å². The van der Waals surface area contributed by atoms with Gasteiger partial charge in [0.1, 0.15) is 33.8 Å². The van der Waals surface area contributed by atoms with E-state index in [1.165, 1.54) is 5.56 Å². The zero-order valence-electron chi connectivity index (χ0n) is 16.5. The summed E-state index contributed by atoms with van der Waals surface area (Å²) in [7, 11) is 12.8. The molecule has 2 aliphatic heterocycles. The van der Waals surface area contributed by atoms with Crippen LogP contribution in [-0.2, 0) is 12.8 Å². The Kier molecular flexibility index (Phi) is 4.78. The Morgan fingerprint density at radius 2 is 1.89 bits per heavy atom. The molecule has 0 fully saturated rings. The molecule has 5 heteroatoms. The van der Waals surface area contributed by atoms with Crippen LogP contribution in [0.25, 0.3) is 11.8 Å². The van der Waals surface area contributed by atoms with E-state index < -0.39 is 0 Å². The van der Waals surface area contributed by atoms with Crippen molar-refractivity contribution in [2.24, 2.45) is 0 Å². The van der Waals surface area contributed by atoms with E-state index in [1.54, 1.807) is 0 Å². The molecule has 2 aliphatic rings. The maximum atomic E-state index is 10.6. The van der Waals surface area contributed by atoms with E-state index in [9.17, 15) is 5.11 Å². The maximum absolute atomic E-state index is 10.6. The van der Waals surface area contributed by atoms with Gasteiger partial charge in [0.2, 0.25) is 0 Å². The second kappa shape index (κ2) is 7.12. The number of phenols is 1. The third kappa shape index (κ3) is 2.68. The average Bonchev–Trinajstić information content (AvgIpc) is 2.69. The van der Waals surface area contributed by atoms with Crippen LogP contribution in [0.1, 0.15) is 48.9 Å². The predicted octanol–water partition coefficient (Wildman–Crippen LogP) is 3.11. The first-order valence-electron chi connectivity index (χ1n) is 9.86. The summed E-state index contributed by atoms with van der Waals surface area (Å²) in [4.78, 5) is 2.06. The molecule has 4 rings (SSSR count). The molecule has 2 aromatic rings. The van der Waals surface area contributed by atoms with Crippen molar-refractivity contribution in [3.63, 3.8) is 0 Å². The lowest BCUT2D eigenvalue weighted by atomic mass is 9.78. The number of aryl methyl sites for hydroxylation is 1. The Balaban J connectivity index is 1.95. The number of nitrogens with zero attached hydrogens (tertiary/aromatic N) is 1. The minimum atomic E-state index is 0.0280. The minimum Gasteiger partial charge on any atom is -0.508 e. The highest BCUT2D eigenvalue weighted by Crippen LogP contribution is 2.44. The molecule has 0 amide bonds. The average molecular weight is 367 g/mol. The van der Waals surface area contributed by atoms with Crippen LogP contribution in [0.15, 0.2) is 30.5 Å². The van der Waals surface area contributed by atoms with Crippen molar-refractivity contribution < 1.29 is 9.84 Å². The number of rotatable bonds is 4. The molecule has 3 nitrogen and oxygen atoms in total. The smallest absolute Gasteiger partial charge is 0.139 e. The number of aromatic hydroxyl groups is 1. The van der Waals surface area contributed by atoms with E-state index in [0.29, 0.717) is 35.5 Å². The topological polar surface area (TPSA) is 32.7 Å². The molecule has 2 heterocycles. The van der Waals surface area contributed by atoms with E-state index in [4.69, 9.17) is 20.4 Å². The number of hydrogen-bond acceptors (Lipinski definition) is 3. The number of hydrogen-bond donors (Lipinski definition) is 1. The number of anilines is 1. The normalized spacial score (nSPS) is 14.7. The first-order chi connectivity index (χ1) is 13.5. The molecule has 0 aliphatic carbocycles. The summed E-state index contributed by atoms with van der Waals surface area (Å²) in [5, 5.41) is 10.6. The molecule has 0 bridgehead atoms. The number of fused-ring (bicyclic) bond motifs is 4. The Bertz CT molecular complexity index is 1010. The predicted molar refractivity (Wildman–Crippen MR) is 118 cm³/mol. The molecule has 138 valence electrons. The van der Waals surface area contributed by atoms with Gasteiger partial charge < -0.3 is 14.7 Å². The fraction of sp³-hybridized carbons (Fsp3) is 0.304. The zero-order valence-corrected chi connectivity index (χ0v) is 16.5. The molecule has 4 radical (unpaired) electrons.